The maximum atomic E-state index is 10.8. The van der Waals surface area contributed by atoms with Gasteiger partial charge >= 0.3 is 5.97 Å². The molecule has 0 aliphatic carbocycles. The fourth-order valence-electron chi connectivity index (χ4n) is 1.33. The van der Waals surface area contributed by atoms with Crippen molar-refractivity contribution in [3.05, 3.63) is 23.8 Å². The molecule has 5 nitrogen and oxygen atoms in total. The van der Waals surface area contributed by atoms with E-state index in [4.69, 9.17) is 9.84 Å². The number of aliphatic hydroxyl groups is 1. The number of benzene rings is 1. The summed E-state index contributed by atoms with van der Waals surface area (Å²) in [5, 5.41) is 27.6. The van der Waals surface area contributed by atoms with Crippen LogP contribution in [0.2, 0.25) is 0 Å². The van der Waals surface area contributed by atoms with Crippen molar-refractivity contribution >= 4 is 5.97 Å². The first-order chi connectivity index (χ1) is 7.36. The van der Waals surface area contributed by atoms with E-state index in [1.165, 1.54) is 32.2 Å². The van der Waals surface area contributed by atoms with Crippen molar-refractivity contribution in [2.75, 3.05) is 7.11 Å². The SMILES string of the molecule is COc1cc(O)ccc1CC(C)(O)C(=O)O. The molecule has 1 aromatic rings. The van der Waals surface area contributed by atoms with E-state index >= 15 is 0 Å². The lowest BCUT2D eigenvalue weighted by Gasteiger charge is -2.19. The summed E-state index contributed by atoms with van der Waals surface area (Å²) >= 11 is 0. The molecule has 5 heteroatoms. The molecular formula is C11H14O5. The van der Waals surface area contributed by atoms with Gasteiger partial charge in [0, 0.05) is 12.5 Å². The molecule has 88 valence electrons. The second-order valence-electron chi connectivity index (χ2n) is 3.75. The molecule has 0 radical (unpaired) electrons. The van der Waals surface area contributed by atoms with Crippen LogP contribution in [0.15, 0.2) is 18.2 Å². The second-order valence-corrected chi connectivity index (χ2v) is 3.75. The molecule has 0 aromatic heterocycles. The van der Waals surface area contributed by atoms with Crippen molar-refractivity contribution in [3.8, 4) is 11.5 Å². The Kier molecular flexibility index (Phi) is 3.39. The molecule has 16 heavy (non-hydrogen) atoms. The Hall–Kier alpha value is -1.75. The predicted octanol–water partition coefficient (Wildman–Crippen LogP) is 0.779. The zero-order valence-electron chi connectivity index (χ0n) is 9.10. The molecule has 3 N–H and O–H groups in total. The highest BCUT2D eigenvalue weighted by Crippen LogP contribution is 2.27. The lowest BCUT2D eigenvalue weighted by atomic mass is 9.96. The van der Waals surface area contributed by atoms with Crippen molar-refractivity contribution in [1.82, 2.24) is 0 Å². The van der Waals surface area contributed by atoms with Crippen LogP contribution < -0.4 is 4.74 Å². The predicted molar refractivity (Wildman–Crippen MR) is 56.6 cm³/mol. The Morgan fingerprint density at radius 3 is 2.62 bits per heavy atom. The fourth-order valence-corrected chi connectivity index (χ4v) is 1.33. The molecule has 0 saturated carbocycles. The zero-order chi connectivity index (χ0) is 12.3. The number of hydrogen-bond donors (Lipinski definition) is 3. The monoisotopic (exact) mass is 226 g/mol. The molecule has 0 aliphatic heterocycles. The van der Waals surface area contributed by atoms with Crippen LogP contribution in [-0.4, -0.2) is 34.0 Å². The van der Waals surface area contributed by atoms with E-state index in [-0.39, 0.29) is 12.2 Å². The van der Waals surface area contributed by atoms with Crippen LogP contribution in [0, 0.1) is 0 Å². The first kappa shape index (κ1) is 12.3. The average Bonchev–Trinajstić information content (AvgIpc) is 2.20. The Bertz CT molecular complexity index is 397. The maximum Gasteiger partial charge on any atom is 0.335 e. The standard InChI is InChI=1S/C11H14O5/c1-11(15,10(13)14)6-7-3-4-8(12)5-9(7)16-2/h3-5,12,15H,6H2,1-2H3,(H,13,14). The first-order valence-corrected chi connectivity index (χ1v) is 4.68. The summed E-state index contributed by atoms with van der Waals surface area (Å²) in [6.07, 6.45) is -0.0915. The van der Waals surface area contributed by atoms with Crippen molar-refractivity contribution in [2.45, 2.75) is 18.9 Å². The van der Waals surface area contributed by atoms with E-state index < -0.39 is 11.6 Å². The van der Waals surface area contributed by atoms with E-state index in [2.05, 4.69) is 0 Å². The lowest BCUT2D eigenvalue weighted by Crippen LogP contribution is -2.37. The molecular weight excluding hydrogens is 212 g/mol. The molecule has 0 aliphatic rings. The smallest absolute Gasteiger partial charge is 0.335 e. The van der Waals surface area contributed by atoms with Crippen LogP contribution in [0.25, 0.3) is 0 Å². The zero-order valence-corrected chi connectivity index (χ0v) is 9.10. The van der Waals surface area contributed by atoms with Gasteiger partial charge in [-0.05, 0) is 18.6 Å². The molecule has 0 spiro atoms. The minimum atomic E-state index is -1.86. The van der Waals surface area contributed by atoms with Gasteiger partial charge in [-0.15, -0.1) is 0 Å². The number of phenolic OH excluding ortho intramolecular Hbond substituents is 1. The molecule has 1 atom stereocenters. The van der Waals surface area contributed by atoms with Gasteiger partial charge < -0.3 is 20.1 Å². The summed E-state index contributed by atoms with van der Waals surface area (Å²) in [6.45, 7) is 1.21. The Morgan fingerprint density at radius 2 is 2.12 bits per heavy atom. The highest BCUT2D eigenvalue weighted by molar-refractivity contribution is 5.77. The van der Waals surface area contributed by atoms with Crippen LogP contribution in [0.1, 0.15) is 12.5 Å². The summed E-state index contributed by atoms with van der Waals surface area (Å²) in [4.78, 5) is 10.8. The second kappa shape index (κ2) is 4.40. The number of aromatic hydroxyl groups is 1. The number of ether oxygens (including phenoxy) is 1. The van der Waals surface area contributed by atoms with Crippen molar-refractivity contribution in [1.29, 1.82) is 0 Å². The third kappa shape index (κ3) is 2.64. The number of hydrogen-bond acceptors (Lipinski definition) is 4. The maximum absolute atomic E-state index is 10.8. The van der Waals surface area contributed by atoms with Crippen LogP contribution in [0.3, 0.4) is 0 Å². The average molecular weight is 226 g/mol. The largest absolute Gasteiger partial charge is 0.508 e. The van der Waals surface area contributed by atoms with Gasteiger partial charge in [-0.25, -0.2) is 4.79 Å². The van der Waals surface area contributed by atoms with Gasteiger partial charge in [0.2, 0.25) is 0 Å². The number of phenols is 1. The van der Waals surface area contributed by atoms with Crippen molar-refractivity contribution < 1.29 is 24.9 Å². The number of rotatable bonds is 4. The minimum absolute atomic E-state index is 0.0237. The number of aliphatic carboxylic acids is 1. The van der Waals surface area contributed by atoms with E-state index in [1.54, 1.807) is 0 Å². The number of carboxylic acids is 1. The van der Waals surface area contributed by atoms with Crippen LogP contribution in [-0.2, 0) is 11.2 Å². The molecule has 0 saturated heterocycles. The molecule has 1 unspecified atom stereocenters. The highest BCUT2D eigenvalue weighted by Gasteiger charge is 2.31. The van der Waals surface area contributed by atoms with Gasteiger partial charge in [0.1, 0.15) is 11.5 Å². The van der Waals surface area contributed by atoms with E-state index in [0.717, 1.165) is 0 Å². The van der Waals surface area contributed by atoms with Gasteiger partial charge in [0.15, 0.2) is 5.60 Å². The summed E-state index contributed by atoms with van der Waals surface area (Å²) < 4.78 is 4.99. The summed E-state index contributed by atoms with van der Waals surface area (Å²) in [7, 11) is 1.41. The molecule has 0 amide bonds. The molecule has 0 heterocycles. The topological polar surface area (TPSA) is 87.0 Å². The Balaban J connectivity index is 3.01. The normalized spacial score (nSPS) is 14.2. The number of methoxy groups -OCH3 is 1. The van der Waals surface area contributed by atoms with E-state index in [9.17, 15) is 15.0 Å². The Morgan fingerprint density at radius 1 is 1.50 bits per heavy atom. The lowest BCUT2D eigenvalue weighted by molar-refractivity contribution is -0.156. The molecule has 1 aromatic carbocycles. The van der Waals surface area contributed by atoms with Crippen molar-refractivity contribution in [3.63, 3.8) is 0 Å². The summed E-state index contributed by atoms with van der Waals surface area (Å²) in [6, 6.07) is 4.30. The quantitative estimate of drug-likeness (QED) is 0.706. The van der Waals surface area contributed by atoms with Gasteiger partial charge in [-0.1, -0.05) is 6.07 Å². The van der Waals surface area contributed by atoms with Gasteiger partial charge in [-0.3, -0.25) is 0 Å². The van der Waals surface area contributed by atoms with E-state index in [1.807, 2.05) is 0 Å². The fraction of sp³-hybridized carbons (Fsp3) is 0.364. The van der Waals surface area contributed by atoms with Gasteiger partial charge in [0.25, 0.3) is 0 Å². The molecule has 1 rings (SSSR count). The van der Waals surface area contributed by atoms with Gasteiger partial charge in [-0.2, -0.15) is 0 Å². The molecule has 0 fully saturated rings. The Labute approximate surface area is 92.9 Å². The minimum Gasteiger partial charge on any atom is -0.508 e. The van der Waals surface area contributed by atoms with Crippen LogP contribution in [0.4, 0.5) is 0 Å². The van der Waals surface area contributed by atoms with Crippen molar-refractivity contribution in [2.24, 2.45) is 0 Å². The molecule has 0 bridgehead atoms. The number of carbonyl (C=O) groups is 1. The van der Waals surface area contributed by atoms with E-state index in [0.29, 0.717) is 11.3 Å². The van der Waals surface area contributed by atoms with Gasteiger partial charge in [0.05, 0.1) is 7.11 Å². The summed E-state index contributed by atoms with van der Waals surface area (Å²) in [5.74, 6) is -0.931. The number of carboxylic acid groups (broad SMARTS) is 1. The van der Waals surface area contributed by atoms with Crippen LogP contribution >= 0.6 is 0 Å². The van der Waals surface area contributed by atoms with Crippen LogP contribution in [0.5, 0.6) is 11.5 Å². The third-order valence-electron chi connectivity index (χ3n) is 2.27. The highest BCUT2D eigenvalue weighted by atomic mass is 16.5. The third-order valence-corrected chi connectivity index (χ3v) is 2.27. The first-order valence-electron chi connectivity index (χ1n) is 4.68. The summed E-state index contributed by atoms with van der Waals surface area (Å²) in [5.41, 5.74) is -1.34.